The molecule has 2 aromatic rings. The van der Waals surface area contributed by atoms with E-state index in [9.17, 15) is 14.3 Å². The molecule has 0 aliphatic heterocycles. The molecule has 0 bridgehead atoms. The molecular formula is C15H13ClFNO2. The Morgan fingerprint density at radius 1 is 1.30 bits per heavy atom. The van der Waals surface area contributed by atoms with Gasteiger partial charge in [-0.2, -0.15) is 0 Å². The Morgan fingerprint density at radius 2 is 2.00 bits per heavy atom. The first kappa shape index (κ1) is 14.3. The summed E-state index contributed by atoms with van der Waals surface area (Å²) in [6.07, 6.45) is 0. The summed E-state index contributed by atoms with van der Waals surface area (Å²) >= 11 is 5.86. The number of benzene rings is 2. The van der Waals surface area contributed by atoms with E-state index in [2.05, 4.69) is 5.32 Å². The summed E-state index contributed by atoms with van der Waals surface area (Å²) in [6, 6.07) is 9.84. The van der Waals surface area contributed by atoms with Gasteiger partial charge in [0.05, 0.1) is 5.69 Å². The minimum atomic E-state index is -1.08. The van der Waals surface area contributed by atoms with Crippen molar-refractivity contribution in [3.63, 3.8) is 0 Å². The van der Waals surface area contributed by atoms with E-state index in [1.54, 1.807) is 37.3 Å². The SMILES string of the molecule is Cc1cc(Cl)ccc1C(Nc1ccccc1F)C(=O)O. The molecule has 1 unspecified atom stereocenters. The fourth-order valence-corrected chi connectivity index (χ4v) is 2.20. The fraction of sp³-hybridized carbons (Fsp3) is 0.133. The summed E-state index contributed by atoms with van der Waals surface area (Å²) in [7, 11) is 0. The van der Waals surface area contributed by atoms with Gasteiger partial charge in [0.15, 0.2) is 6.04 Å². The zero-order valence-corrected chi connectivity index (χ0v) is 11.5. The van der Waals surface area contributed by atoms with Gasteiger partial charge in [0.1, 0.15) is 5.82 Å². The van der Waals surface area contributed by atoms with E-state index in [-0.39, 0.29) is 5.69 Å². The van der Waals surface area contributed by atoms with Crippen LogP contribution in [0.15, 0.2) is 42.5 Å². The van der Waals surface area contributed by atoms with Crippen LogP contribution in [0, 0.1) is 12.7 Å². The first-order valence-corrected chi connectivity index (χ1v) is 6.37. The minimum Gasteiger partial charge on any atom is -0.479 e. The molecule has 5 heteroatoms. The van der Waals surface area contributed by atoms with Crippen molar-refractivity contribution < 1.29 is 14.3 Å². The highest BCUT2D eigenvalue weighted by Gasteiger charge is 2.22. The average Bonchev–Trinajstić information content (AvgIpc) is 2.38. The second-order valence-corrected chi connectivity index (χ2v) is 4.83. The van der Waals surface area contributed by atoms with Gasteiger partial charge < -0.3 is 10.4 Å². The molecule has 1 atom stereocenters. The number of nitrogens with one attached hydrogen (secondary N) is 1. The van der Waals surface area contributed by atoms with E-state index >= 15 is 0 Å². The van der Waals surface area contributed by atoms with Crippen molar-refractivity contribution in [2.45, 2.75) is 13.0 Å². The highest BCUT2D eigenvalue weighted by molar-refractivity contribution is 6.30. The van der Waals surface area contributed by atoms with Crippen LogP contribution in [0.1, 0.15) is 17.2 Å². The van der Waals surface area contributed by atoms with Gasteiger partial charge in [-0.25, -0.2) is 9.18 Å². The molecule has 0 fully saturated rings. The number of carboxylic acid groups (broad SMARTS) is 1. The lowest BCUT2D eigenvalue weighted by atomic mass is 10.0. The summed E-state index contributed by atoms with van der Waals surface area (Å²) in [6.45, 7) is 1.76. The van der Waals surface area contributed by atoms with Crippen LogP contribution in [0.2, 0.25) is 5.02 Å². The zero-order valence-electron chi connectivity index (χ0n) is 10.7. The third kappa shape index (κ3) is 3.08. The second-order valence-electron chi connectivity index (χ2n) is 4.40. The number of aryl methyl sites for hydroxylation is 1. The van der Waals surface area contributed by atoms with Gasteiger partial charge >= 0.3 is 5.97 Å². The molecule has 0 saturated heterocycles. The molecule has 2 aromatic carbocycles. The van der Waals surface area contributed by atoms with Gasteiger partial charge in [-0.1, -0.05) is 29.8 Å². The summed E-state index contributed by atoms with van der Waals surface area (Å²) in [5.41, 5.74) is 1.42. The van der Waals surface area contributed by atoms with Gasteiger partial charge in [-0.3, -0.25) is 0 Å². The summed E-state index contributed by atoms with van der Waals surface area (Å²) in [5, 5.41) is 12.6. The lowest BCUT2D eigenvalue weighted by Gasteiger charge is -2.18. The van der Waals surface area contributed by atoms with Crippen LogP contribution in [0.5, 0.6) is 0 Å². The molecule has 0 radical (unpaired) electrons. The number of anilines is 1. The first-order valence-electron chi connectivity index (χ1n) is 5.99. The third-order valence-corrected chi connectivity index (χ3v) is 3.20. The molecule has 0 amide bonds. The van der Waals surface area contributed by atoms with Crippen LogP contribution >= 0.6 is 11.6 Å². The second kappa shape index (κ2) is 5.92. The highest BCUT2D eigenvalue weighted by atomic mass is 35.5. The maximum atomic E-state index is 13.6. The molecule has 0 saturated carbocycles. The van der Waals surface area contributed by atoms with E-state index in [0.717, 1.165) is 5.56 Å². The number of hydrogen-bond donors (Lipinski definition) is 2. The lowest BCUT2D eigenvalue weighted by Crippen LogP contribution is -2.22. The quantitative estimate of drug-likeness (QED) is 0.895. The van der Waals surface area contributed by atoms with Crippen molar-refractivity contribution in [1.29, 1.82) is 0 Å². The molecule has 2 rings (SSSR count). The van der Waals surface area contributed by atoms with Crippen molar-refractivity contribution in [1.82, 2.24) is 0 Å². The van der Waals surface area contributed by atoms with Crippen LogP contribution in [0.25, 0.3) is 0 Å². The molecule has 2 N–H and O–H groups in total. The van der Waals surface area contributed by atoms with Crippen molar-refractivity contribution in [3.05, 3.63) is 64.4 Å². The standard InChI is InChI=1S/C15H13ClFNO2/c1-9-8-10(16)6-7-11(9)14(15(19)20)18-13-5-3-2-4-12(13)17/h2-8,14,18H,1H3,(H,19,20). The normalized spacial score (nSPS) is 11.9. The number of halogens is 2. The Hall–Kier alpha value is -2.07. The van der Waals surface area contributed by atoms with E-state index in [4.69, 9.17) is 11.6 Å². The van der Waals surface area contributed by atoms with Gasteiger partial charge in [-0.15, -0.1) is 0 Å². The number of aliphatic carboxylic acids is 1. The van der Waals surface area contributed by atoms with Crippen molar-refractivity contribution in [2.24, 2.45) is 0 Å². The van der Waals surface area contributed by atoms with E-state index in [1.807, 2.05) is 0 Å². The smallest absolute Gasteiger partial charge is 0.330 e. The Balaban J connectivity index is 2.37. The Bertz CT molecular complexity index is 646. The Kier molecular flexibility index (Phi) is 4.25. The van der Waals surface area contributed by atoms with Crippen LogP contribution in [-0.4, -0.2) is 11.1 Å². The summed E-state index contributed by atoms with van der Waals surface area (Å²) < 4.78 is 13.6. The van der Waals surface area contributed by atoms with Crippen molar-refractivity contribution >= 4 is 23.3 Å². The number of hydrogen-bond acceptors (Lipinski definition) is 2. The van der Waals surface area contributed by atoms with Gasteiger partial charge in [0, 0.05) is 5.02 Å². The average molecular weight is 294 g/mol. The number of carboxylic acids is 1. The maximum absolute atomic E-state index is 13.6. The number of para-hydroxylation sites is 1. The molecule has 0 aliphatic carbocycles. The van der Waals surface area contributed by atoms with E-state index in [1.165, 1.54) is 12.1 Å². The van der Waals surface area contributed by atoms with Crippen molar-refractivity contribution in [3.8, 4) is 0 Å². The van der Waals surface area contributed by atoms with Gasteiger partial charge in [0.25, 0.3) is 0 Å². The molecule has 0 aliphatic rings. The van der Waals surface area contributed by atoms with E-state index in [0.29, 0.717) is 10.6 Å². The first-order chi connectivity index (χ1) is 9.49. The topological polar surface area (TPSA) is 49.3 Å². The van der Waals surface area contributed by atoms with Crippen LogP contribution in [0.4, 0.5) is 10.1 Å². The Labute approximate surface area is 121 Å². The molecule has 20 heavy (non-hydrogen) atoms. The molecule has 3 nitrogen and oxygen atoms in total. The maximum Gasteiger partial charge on any atom is 0.330 e. The van der Waals surface area contributed by atoms with Crippen LogP contribution in [0.3, 0.4) is 0 Å². The van der Waals surface area contributed by atoms with Crippen molar-refractivity contribution in [2.75, 3.05) is 5.32 Å². The molecular weight excluding hydrogens is 281 g/mol. The highest BCUT2D eigenvalue weighted by Crippen LogP contribution is 2.26. The van der Waals surface area contributed by atoms with Gasteiger partial charge in [0.2, 0.25) is 0 Å². The van der Waals surface area contributed by atoms with Crippen LogP contribution < -0.4 is 5.32 Å². The monoisotopic (exact) mass is 293 g/mol. The number of rotatable bonds is 4. The predicted octanol–water partition coefficient (Wildman–Crippen LogP) is 4.03. The summed E-state index contributed by atoms with van der Waals surface area (Å²) in [5.74, 6) is -1.58. The zero-order chi connectivity index (χ0) is 14.7. The van der Waals surface area contributed by atoms with Gasteiger partial charge in [-0.05, 0) is 42.3 Å². The fourth-order valence-electron chi connectivity index (χ4n) is 1.97. The summed E-state index contributed by atoms with van der Waals surface area (Å²) in [4.78, 5) is 11.4. The number of carbonyl (C=O) groups is 1. The van der Waals surface area contributed by atoms with Crippen LogP contribution in [-0.2, 0) is 4.79 Å². The Morgan fingerprint density at radius 3 is 2.60 bits per heavy atom. The molecule has 0 aromatic heterocycles. The lowest BCUT2D eigenvalue weighted by molar-refractivity contribution is -0.138. The predicted molar refractivity (Wildman–Crippen MR) is 76.6 cm³/mol. The van der Waals surface area contributed by atoms with E-state index < -0.39 is 17.8 Å². The third-order valence-electron chi connectivity index (χ3n) is 2.96. The largest absolute Gasteiger partial charge is 0.479 e. The molecule has 0 heterocycles. The minimum absolute atomic E-state index is 0.147. The molecule has 104 valence electrons. The molecule has 0 spiro atoms.